The second kappa shape index (κ2) is 6.01. The molecule has 0 spiro atoms. The first-order valence-corrected chi connectivity index (χ1v) is 5.06. The van der Waals surface area contributed by atoms with Gasteiger partial charge in [-0.2, -0.15) is 0 Å². The molecule has 14 heavy (non-hydrogen) atoms. The van der Waals surface area contributed by atoms with Crippen molar-refractivity contribution >= 4 is 12.2 Å². The van der Waals surface area contributed by atoms with Gasteiger partial charge in [-0.15, -0.1) is 5.73 Å². The number of hydrogen-bond donors (Lipinski definition) is 0. The molecule has 0 aliphatic heterocycles. The molecule has 2 rings (SSSR count). The van der Waals surface area contributed by atoms with E-state index >= 15 is 0 Å². The van der Waals surface area contributed by atoms with E-state index in [0.29, 0.717) is 0 Å². The Balaban J connectivity index is 0.000000293. The minimum atomic E-state index is 1.23. The van der Waals surface area contributed by atoms with E-state index in [2.05, 4.69) is 37.8 Å². The summed E-state index contributed by atoms with van der Waals surface area (Å²) in [4.78, 5) is 0. The lowest BCUT2D eigenvalue weighted by molar-refractivity contribution is 1.09. The first-order chi connectivity index (χ1) is 6.88. The molecule has 0 saturated heterocycles. The number of fused-ring (bicyclic) bond motifs is 1. The van der Waals surface area contributed by atoms with Crippen LogP contribution in [0.4, 0.5) is 0 Å². The first-order valence-electron chi connectivity index (χ1n) is 5.06. The molecule has 1 aromatic rings. The van der Waals surface area contributed by atoms with Crippen LogP contribution < -0.4 is 0 Å². The van der Waals surface area contributed by atoms with E-state index in [1.54, 1.807) is 0 Å². The third kappa shape index (κ3) is 3.08. The van der Waals surface area contributed by atoms with Gasteiger partial charge in [-0.05, 0) is 23.3 Å². The Bertz CT molecular complexity index is 363. The van der Waals surface area contributed by atoms with E-state index < -0.39 is 0 Å². The number of hydrogen-bond acceptors (Lipinski definition) is 0. The van der Waals surface area contributed by atoms with E-state index in [1.807, 2.05) is 30.4 Å². The molecule has 0 fully saturated rings. The SMILES string of the molecule is C1=CC=Cc2ccccc2C=1.CCC. The standard InChI is InChI=1S/C11H8.C3H8/c1-2-6-10-8-4-5-9-11(10)7-3-1;1-3-2/h1-2,4-9H;3H2,1-2H3. The van der Waals surface area contributed by atoms with E-state index in [4.69, 9.17) is 0 Å². The summed E-state index contributed by atoms with van der Waals surface area (Å²) in [5.41, 5.74) is 5.56. The van der Waals surface area contributed by atoms with Crippen LogP contribution >= 0.6 is 0 Å². The molecule has 72 valence electrons. The highest BCUT2D eigenvalue weighted by molar-refractivity contribution is 5.67. The Morgan fingerprint density at radius 3 is 2.43 bits per heavy atom. The van der Waals surface area contributed by atoms with Gasteiger partial charge >= 0.3 is 0 Å². The molecule has 0 atom stereocenters. The average Bonchev–Trinajstić information content (AvgIpc) is 2.43. The summed E-state index contributed by atoms with van der Waals surface area (Å²) < 4.78 is 0. The van der Waals surface area contributed by atoms with Crippen molar-refractivity contribution in [2.24, 2.45) is 0 Å². The Labute approximate surface area is 86.3 Å². The topological polar surface area (TPSA) is 0 Å². The summed E-state index contributed by atoms with van der Waals surface area (Å²) in [5, 5.41) is 0. The molecule has 1 aliphatic carbocycles. The minimum Gasteiger partial charge on any atom is -0.120 e. The molecule has 0 bridgehead atoms. The van der Waals surface area contributed by atoms with Crippen molar-refractivity contribution < 1.29 is 0 Å². The lowest BCUT2D eigenvalue weighted by Crippen LogP contribution is -1.76. The molecule has 0 heteroatoms. The van der Waals surface area contributed by atoms with Gasteiger partial charge in [0, 0.05) is 0 Å². The van der Waals surface area contributed by atoms with Crippen LogP contribution in [0.5, 0.6) is 0 Å². The van der Waals surface area contributed by atoms with Crippen molar-refractivity contribution in [2.75, 3.05) is 0 Å². The Morgan fingerprint density at radius 1 is 1.07 bits per heavy atom. The van der Waals surface area contributed by atoms with Crippen molar-refractivity contribution in [1.29, 1.82) is 0 Å². The molecule has 0 radical (unpaired) electrons. The second-order valence-electron chi connectivity index (χ2n) is 3.17. The summed E-state index contributed by atoms with van der Waals surface area (Å²) in [6, 6.07) is 8.27. The van der Waals surface area contributed by atoms with Crippen molar-refractivity contribution in [1.82, 2.24) is 0 Å². The monoisotopic (exact) mass is 184 g/mol. The third-order valence-corrected chi connectivity index (χ3v) is 1.70. The summed E-state index contributed by atoms with van der Waals surface area (Å²) in [6.07, 6.45) is 9.25. The molecule has 0 heterocycles. The van der Waals surface area contributed by atoms with Crippen molar-refractivity contribution in [3.8, 4) is 0 Å². The first kappa shape index (κ1) is 10.6. The fourth-order valence-electron chi connectivity index (χ4n) is 1.14. The smallest absolute Gasteiger partial charge is 0.0107 e. The van der Waals surface area contributed by atoms with Gasteiger partial charge < -0.3 is 0 Å². The van der Waals surface area contributed by atoms with E-state index in [0.717, 1.165) is 0 Å². The molecule has 0 nitrogen and oxygen atoms in total. The Hall–Kier alpha value is -1.52. The van der Waals surface area contributed by atoms with Gasteiger partial charge in [-0.3, -0.25) is 0 Å². The number of allylic oxidation sites excluding steroid dienone is 2. The maximum Gasteiger partial charge on any atom is -0.0107 e. The summed E-state index contributed by atoms with van der Waals surface area (Å²) in [6.45, 7) is 4.25. The number of rotatable bonds is 0. The molecular formula is C14H16. The molecule has 1 aromatic carbocycles. The van der Waals surface area contributed by atoms with Gasteiger partial charge in [0.15, 0.2) is 0 Å². The van der Waals surface area contributed by atoms with Crippen LogP contribution in [0, 0.1) is 0 Å². The molecule has 1 aliphatic rings. The van der Waals surface area contributed by atoms with E-state index in [1.165, 1.54) is 17.5 Å². The zero-order chi connectivity index (χ0) is 10.2. The highest BCUT2D eigenvalue weighted by atomic mass is 14.0. The maximum atomic E-state index is 3.07. The fourth-order valence-corrected chi connectivity index (χ4v) is 1.14. The number of benzene rings is 1. The third-order valence-electron chi connectivity index (χ3n) is 1.70. The van der Waals surface area contributed by atoms with Crippen LogP contribution in [0.25, 0.3) is 12.2 Å². The Kier molecular flexibility index (Phi) is 4.54. The minimum absolute atomic E-state index is 1.23. The lowest BCUT2D eigenvalue weighted by atomic mass is 10.1. The van der Waals surface area contributed by atoms with Crippen LogP contribution in [0.1, 0.15) is 31.4 Å². The molecular weight excluding hydrogens is 168 g/mol. The summed E-state index contributed by atoms with van der Waals surface area (Å²) in [5.74, 6) is 0. The second-order valence-corrected chi connectivity index (χ2v) is 3.17. The quantitative estimate of drug-likeness (QED) is 0.527. The van der Waals surface area contributed by atoms with Gasteiger partial charge in [0.25, 0.3) is 0 Å². The summed E-state index contributed by atoms with van der Waals surface area (Å²) >= 11 is 0. The predicted octanol–water partition coefficient (Wildman–Crippen LogP) is 4.30. The highest BCUT2D eigenvalue weighted by Crippen LogP contribution is 2.13. The van der Waals surface area contributed by atoms with Crippen molar-refractivity contribution in [3.63, 3.8) is 0 Å². The van der Waals surface area contributed by atoms with Crippen LogP contribution in [0.3, 0.4) is 0 Å². The molecule has 0 N–H and O–H groups in total. The lowest BCUT2D eigenvalue weighted by Gasteiger charge is -1.96. The zero-order valence-electron chi connectivity index (χ0n) is 8.83. The van der Waals surface area contributed by atoms with Crippen LogP contribution in [0.2, 0.25) is 0 Å². The van der Waals surface area contributed by atoms with E-state index in [-0.39, 0.29) is 0 Å². The summed E-state index contributed by atoms with van der Waals surface area (Å²) in [7, 11) is 0. The van der Waals surface area contributed by atoms with Gasteiger partial charge in [0.05, 0.1) is 0 Å². The normalized spacial score (nSPS) is 11.3. The van der Waals surface area contributed by atoms with Gasteiger partial charge in [-0.25, -0.2) is 0 Å². The van der Waals surface area contributed by atoms with Crippen LogP contribution in [0.15, 0.2) is 42.1 Å². The maximum absolute atomic E-state index is 3.07. The van der Waals surface area contributed by atoms with Crippen LogP contribution in [-0.2, 0) is 0 Å². The predicted molar refractivity (Wildman–Crippen MR) is 64.0 cm³/mol. The van der Waals surface area contributed by atoms with Crippen molar-refractivity contribution in [3.05, 3.63) is 53.3 Å². The van der Waals surface area contributed by atoms with Crippen LogP contribution in [-0.4, -0.2) is 0 Å². The largest absolute Gasteiger partial charge is 0.120 e. The van der Waals surface area contributed by atoms with Gasteiger partial charge in [0.1, 0.15) is 0 Å². The van der Waals surface area contributed by atoms with E-state index in [9.17, 15) is 0 Å². The fraction of sp³-hybridized carbons (Fsp3) is 0.214. The molecule has 0 saturated carbocycles. The molecule has 0 unspecified atom stereocenters. The Morgan fingerprint density at radius 2 is 1.71 bits per heavy atom. The molecule has 0 aromatic heterocycles. The highest BCUT2D eigenvalue weighted by Gasteiger charge is 1.93. The van der Waals surface area contributed by atoms with Gasteiger partial charge in [0.2, 0.25) is 0 Å². The average molecular weight is 184 g/mol. The van der Waals surface area contributed by atoms with Gasteiger partial charge in [-0.1, -0.05) is 56.7 Å². The van der Waals surface area contributed by atoms with Crippen molar-refractivity contribution in [2.45, 2.75) is 20.3 Å². The molecule has 0 amide bonds. The zero-order valence-corrected chi connectivity index (χ0v) is 8.83.